The summed E-state index contributed by atoms with van der Waals surface area (Å²) in [5.41, 5.74) is 4.19. The molecule has 0 radical (unpaired) electrons. The molecule has 0 fully saturated rings. The van der Waals surface area contributed by atoms with Gasteiger partial charge < -0.3 is 10.4 Å². The van der Waals surface area contributed by atoms with Crippen LogP contribution in [0, 0.1) is 12.7 Å². The Kier molecular flexibility index (Phi) is 5.88. The van der Waals surface area contributed by atoms with E-state index in [4.69, 9.17) is 5.10 Å². The van der Waals surface area contributed by atoms with Gasteiger partial charge in [0.1, 0.15) is 17.3 Å². The number of fused-ring (bicyclic) bond motifs is 1. The third-order valence-electron chi connectivity index (χ3n) is 6.80. The highest BCUT2D eigenvalue weighted by molar-refractivity contribution is 5.91. The lowest BCUT2D eigenvalue weighted by Gasteiger charge is -2.40. The van der Waals surface area contributed by atoms with Crippen LogP contribution in [0.5, 0.6) is 0 Å². The standard InChI is InChI=1S/C27H29FN6O2/c1-16-23(17-14-29-33(4)15-17)32-34(19-8-6-5-7-9-19)25(16)31-26(36)30-24-20-12-18(28)10-11-21(20)27(2,3)13-22(24)35/h5-12,14-15,22,24,35H,13H2,1-4H3,(H2,30,31,36)/t22?,24-/m1/s1. The number of nitrogens with zero attached hydrogens (tertiary/aromatic N) is 4. The lowest BCUT2D eigenvalue weighted by atomic mass is 9.69. The quantitative estimate of drug-likeness (QED) is 0.390. The molecule has 2 amide bonds. The Labute approximate surface area is 208 Å². The zero-order valence-electron chi connectivity index (χ0n) is 20.7. The summed E-state index contributed by atoms with van der Waals surface area (Å²) < 4.78 is 17.5. The van der Waals surface area contributed by atoms with Gasteiger partial charge in [0.25, 0.3) is 0 Å². The number of aryl methyl sites for hydroxylation is 1. The molecule has 0 saturated heterocycles. The van der Waals surface area contributed by atoms with Gasteiger partial charge in [0.2, 0.25) is 0 Å². The summed E-state index contributed by atoms with van der Waals surface area (Å²) in [4.78, 5) is 13.3. The average Bonchev–Trinajstić information content (AvgIpc) is 3.40. The molecular formula is C27H29FN6O2. The molecule has 1 unspecified atom stereocenters. The van der Waals surface area contributed by atoms with Crippen LogP contribution in [0.4, 0.5) is 15.0 Å². The number of anilines is 1. The van der Waals surface area contributed by atoms with Crippen LogP contribution < -0.4 is 10.6 Å². The summed E-state index contributed by atoms with van der Waals surface area (Å²) in [6.07, 6.45) is 3.15. The highest BCUT2D eigenvalue weighted by atomic mass is 19.1. The predicted molar refractivity (Wildman–Crippen MR) is 135 cm³/mol. The number of hydrogen-bond donors (Lipinski definition) is 3. The van der Waals surface area contributed by atoms with Crippen molar-refractivity contribution in [2.24, 2.45) is 7.05 Å². The summed E-state index contributed by atoms with van der Waals surface area (Å²) in [6.45, 7) is 5.89. The third kappa shape index (κ3) is 4.26. The Morgan fingerprint density at radius 2 is 1.94 bits per heavy atom. The summed E-state index contributed by atoms with van der Waals surface area (Å²) in [6, 6.07) is 12.8. The molecule has 0 aliphatic heterocycles. The van der Waals surface area contributed by atoms with Gasteiger partial charge in [-0.3, -0.25) is 10.00 Å². The SMILES string of the molecule is Cc1c(-c2cnn(C)c2)nn(-c2ccccc2)c1NC(=O)N[C@@H]1c2cc(F)ccc2C(C)(C)CC1O. The largest absolute Gasteiger partial charge is 0.391 e. The third-order valence-corrected chi connectivity index (χ3v) is 6.80. The number of nitrogens with one attached hydrogen (secondary N) is 2. The van der Waals surface area contributed by atoms with E-state index in [9.17, 15) is 14.3 Å². The Bertz CT molecular complexity index is 1430. The molecule has 9 heteroatoms. The van der Waals surface area contributed by atoms with Crippen LogP contribution in [0.3, 0.4) is 0 Å². The van der Waals surface area contributed by atoms with E-state index in [1.807, 2.05) is 64.3 Å². The van der Waals surface area contributed by atoms with Crippen molar-refractivity contribution < 1.29 is 14.3 Å². The lowest BCUT2D eigenvalue weighted by molar-refractivity contribution is 0.0881. The number of amides is 2. The Morgan fingerprint density at radius 1 is 1.19 bits per heavy atom. The molecular weight excluding hydrogens is 459 g/mol. The first-order valence-electron chi connectivity index (χ1n) is 11.8. The van der Waals surface area contributed by atoms with Crippen molar-refractivity contribution in [1.29, 1.82) is 0 Å². The molecule has 3 N–H and O–H groups in total. The monoisotopic (exact) mass is 488 g/mol. The maximum atomic E-state index is 14.2. The number of carbonyl (C=O) groups excluding carboxylic acids is 1. The van der Waals surface area contributed by atoms with Gasteiger partial charge in [0.05, 0.1) is 24.0 Å². The molecule has 5 rings (SSSR count). The van der Waals surface area contributed by atoms with Crippen LogP contribution in [0.25, 0.3) is 16.9 Å². The van der Waals surface area contributed by atoms with Crippen LogP contribution in [0.15, 0.2) is 60.9 Å². The lowest BCUT2D eigenvalue weighted by Crippen LogP contribution is -2.45. The number of aromatic nitrogens is 4. The van der Waals surface area contributed by atoms with Crippen molar-refractivity contribution in [3.05, 3.63) is 83.4 Å². The molecule has 36 heavy (non-hydrogen) atoms. The van der Waals surface area contributed by atoms with Crippen molar-refractivity contribution in [3.8, 4) is 16.9 Å². The second kappa shape index (κ2) is 8.91. The van der Waals surface area contributed by atoms with E-state index >= 15 is 0 Å². The minimum atomic E-state index is -0.869. The van der Waals surface area contributed by atoms with Crippen molar-refractivity contribution in [2.75, 3.05) is 5.32 Å². The molecule has 2 atom stereocenters. The Hall–Kier alpha value is -3.98. The van der Waals surface area contributed by atoms with Crippen LogP contribution in [-0.2, 0) is 12.5 Å². The average molecular weight is 489 g/mol. The summed E-state index contributed by atoms with van der Waals surface area (Å²) in [5, 5.41) is 25.7. The number of aliphatic hydroxyl groups excluding tert-OH is 1. The molecule has 1 aliphatic rings. The van der Waals surface area contributed by atoms with E-state index in [1.54, 1.807) is 21.6 Å². The second-order valence-corrected chi connectivity index (χ2v) is 9.94. The fraction of sp³-hybridized carbons (Fsp3) is 0.296. The van der Waals surface area contributed by atoms with E-state index in [1.165, 1.54) is 12.1 Å². The fourth-order valence-corrected chi connectivity index (χ4v) is 5.04. The van der Waals surface area contributed by atoms with Crippen molar-refractivity contribution in [2.45, 2.75) is 44.8 Å². The number of para-hydroxylation sites is 1. The topological polar surface area (TPSA) is 97.0 Å². The van der Waals surface area contributed by atoms with Gasteiger partial charge in [-0.2, -0.15) is 10.2 Å². The Morgan fingerprint density at radius 3 is 2.64 bits per heavy atom. The first-order chi connectivity index (χ1) is 17.1. The molecule has 186 valence electrons. The molecule has 2 aromatic heterocycles. The number of urea groups is 1. The van der Waals surface area contributed by atoms with Crippen LogP contribution in [0.1, 0.15) is 43.0 Å². The summed E-state index contributed by atoms with van der Waals surface area (Å²) >= 11 is 0. The van der Waals surface area contributed by atoms with Crippen molar-refractivity contribution in [1.82, 2.24) is 24.9 Å². The summed E-state index contributed by atoms with van der Waals surface area (Å²) in [5.74, 6) is 0.0765. The zero-order valence-corrected chi connectivity index (χ0v) is 20.7. The van der Waals surface area contributed by atoms with Gasteiger partial charge >= 0.3 is 6.03 Å². The van der Waals surface area contributed by atoms with E-state index in [2.05, 4.69) is 15.7 Å². The molecule has 4 aromatic rings. The van der Waals surface area contributed by atoms with Gasteiger partial charge in [0.15, 0.2) is 0 Å². The van der Waals surface area contributed by atoms with Crippen molar-refractivity contribution >= 4 is 11.8 Å². The van der Waals surface area contributed by atoms with E-state index in [-0.39, 0.29) is 5.41 Å². The van der Waals surface area contributed by atoms with Gasteiger partial charge in [0, 0.05) is 24.4 Å². The van der Waals surface area contributed by atoms with Gasteiger partial charge in [-0.15, -0.1) is 0 Å². The molecule has 1 aliphatic carbocycles. The van der Waals surface area contributed by atoms with Gasteiger partial charge in [-0.05, 0) is 54.2 Å². The normalized spacial score (nSPS) is 18.5. The molecule has 2 heterocycles. The molecule has 0 saturated carbocycles. The first kappa shape index (κ1) is 23.7. The zero-order chi connectivity index (χ0) is 25.6. The number of rotatable bonds is 4. The van der Waals surface area contributed by atoms with Crippen LogP contribution in [-0.4, -0.2) is 36.8 Å². The number of benzene rings is 2. The minimum Gasteiger partial charge on any atom is -0.391 e. The van der Waals surface area contributed by atoms with Crippen LogP contribution >= 0.6 is 0 Å². The maximum Gasteiger partial charge on any atom is 0.320 e. The molecule has 0 bridgehead atoms. The molecule has 2 aromatic carbocycles. The van der Waals surface area contributed by atoms with Gasteiger partial charge in [-0.25, -0.2) is 13.9 Å². The van der Waals surface area contributed by atoms with Gasteiger partial charge in [-0.1, -0.05) is 38.1 Å². The van der Waals surface area contributed by atoms with E-state index in [0.29, 0.717) is 23.5 Å². The first-order valence-corrected chi connectivity index (χ1v) is 11.8. The second-order valence-electron chi connectivity index (χ2n) is 9.94. The van der Waals surface area contributed by atoms with E-state index in [0.717, 1.165) is 22.4 Å². The fourth-order valence-electron chi connectivity index (χ4n) is 5.04. The van der Waals surface area contributed by atoms with E-state index < -0.39 is 24.0 Å². The maximum absolute atomic E-state index is 14.2. The summed E-state index contributed by atoms with van der Waals surface area (Å²) in [7, 11) is 1.83. The molecule has 0 spiro atoms. The predicted octanol–water partition coefficient (Wildman–Crippen LogP) is 4.63. The Balaban J connectivity index is 1.49. The number of hydrogen-bond acceptors (Lipinski definition) is 4. The van der Waals surface area contributed by atoms with Crippen LogP contribution in [0.2, 0.25) is 0 Å². The number of carbonyl (C=O) groups is 1. The highest BCUT2D eigenvalue weighted by Gasteiger charge is 2.39. The highest BCUT2D eigenvalue weighted by Crippen LogP contribution is 2.42. The van der Waals surface area contributed by atoms with Crippen molar-refractivity contribution in [3.63, 3.8) is 0 Å². The molecule has 8 nitrogen and oxygen atoms in total. The number of halogens is 1. The number of aliphatic hydroxyl groups is 1. The smallest absolute Gasteiger partial charge is 0.320 e. The minimum absolute atomic E-state index is 0.349.